The Labute approximate surface area is 98.3 Å². The smallest absolute Gasteiger partial charge is 0.155 e. The molecule has 4 atom stereocenters. The summed E-state index contributed by atoms with van der Waals surface area (Å²) in [4.78, 5) is 11.3. The zero-order valence-corrected chi connectivity index (χ0v) is 10.6. The Balaban J connectivity index is 1.91. The van der Waals surface area contributed by atoms with Crippen LogP contribution in [0, 0.1) is 28.6 Å². The highest BCUT2D eigenvalue weighted by Gasteiger charge is 2.60. The minimum atomic E-state index is 0.330. The second-order valence-electron chi connectivity index (χ2n) is 6.89. The lowest BCUT2D eigenvalue weighted by molar-refractivity contribution is -0.158. The first-order valence-electron chi connectivity index (χ1n) is 6.68. The molecule has 0 N–H and O–H groups in total. The second kappa shape index (κ2) is 3.00. The Morgan fingerprint density at radius 1 is 1.38 bits per heavy atom. The van der Waals surface area contributed by atoms with E-state index in [1.54, 1.807) is 0 Å². The van der Waals surface area contributed by atoms with Gasteiger partial charge in [-0.15, -0.1) is 0 Å². The first-order valence-corrected chi connectivity index (χ1v) is 6.68. The molecule has 88 valence electrons. The highest BCUT2D eigenvalue weighted by Crippen LogP contribution is 2.68. The number of hydrogen-bond acceptors (Lipinski definition) is 1. The number of rotatable bonds is 0. The molecule has 0 aromatic rings. The van der Waals surface area contributed by atoms with Crippen molar-refractivity contribution < 1.29 is 4.79 Å². The molecule has 0 unspecified atom stereocenters. The molecular formula is C15H22O. The minimum Gasteiger partial charge on any atom is -0.295 e. The van der Waals surface area contributed by atoms with Gasteiger partial charge in [-0.05, 0) is 53.9 Å². The van der Waals surface area contributed by atoms with Crippen molar-refractivity contribution >= 4 is 5.78 Å². The van der Waals surface area contributed by atoms with E-state index in [1.165, 1.54) is 12.8 Å². The molecule has 4 rings (SSSR count). The molecule has 1 nitrogen and oxygen atoms in total. The summed E-state index contributed by atoms with van der Waals surface area (Å²) in [6.07, 6.45) is 8.75. The third kappa shape index (κ3) is 1.15. The van der Waals surface area contributed by atoms with Gasteiger partial charge < -0.3 is 0 Å². The van der Waals surface area contributed by atoms with E-state index in [4.69, 9.17) is 0 Å². The lowest BCUT2D eigenvalue weighted by Gasteiger charge is -2.66. The summed E-state index contributed by atoms with van der Waals surface area (Å²) in [6.45, 7) is 7.29. The van der Waals surface area contributed by atoms with Crippen molar-refractivity contribution in [3.8, 4) is 0 Å². The zero-order chi connectivity index (χ0) is 11.6. The van der Waals surface area contributed by atoms with Gasteiger partial charge in [0.15, 0.2) is 5.78 Å². The maximum atomic E-state index is 11.3. The van der Waals surface area contributed by atoms with Crippen molar-refractivity contribution in [2.24, 2.45) is 28.6 Å². The van der Waals surface area contributed by atoms with Crippen LogP contribution in [0.4, 0.5) is 0 Å². The van der Waals surface area contributed by atoms with Crippen LogP contribution in [-0.2, 0) is 4.79 Å². The fraction of sp³-hybridized carbons (Fsp3) is 0.800. The monoisotopic (exact) mass is 218 g/mol. The summed E-state index contributed by atoms with van der Waals surface area (Å²) in [5.41, 5.74) is 0.928. The summed E-state index contributed by atoms with van der Waals surface area (Å²) in [5, 5.41) is 0. The molecular weight excluding hydrogens is 196 g/mol. The van der Waals surface area contributed by atoms with E-state index in [0.29, 0.717) is 16.6 Å². The van der Waals surface area contributed by atoms with Gasteiger partial charge in [0.1, 0.15) is 0 Å². The Morgan fingerprint density at radius 3 is 2.62 bits per heavy atom. The maximum Gasteiger partial charge on any atom is 0.155 e. The van der Waals surface area contributed by atoms with E-state index in [9.17, 15) is 4.79 Å². The third-order valence-electron chi connectivity index (χ3n) is 6.12. The number of hydrogen-bond donors (Lipinski definition) is 0. The van der Waals surface area contributed by atoms with E-state index in [1.807, 2.05) is 6.08 Å². The molecule has 0 radical (unpaired) electrons. The van der Waals surface area contributed by atoms with E-state index in [0.717, 1.165) is 30.6 Å². The molecule has 3 saturated carbocycles. The van der Waals surface area contributed by atoms with Gasteiger partial charge in [0, 0.05) is 6.42 Å². The SMILES string of the molecule is C[C@H]1[C@@H]2C[C@H](C[C@@]13C=CC(=O)CC3)C2(C)C. The van der Waals surface area contributed by atoms with Crippen molar-refractivity contribution in [2.45, 2.75) is 46.5 Å². The van der Waals surface area contributed by atoms with Crippen LogP contribution in [0.3, 0.4) is 0 Å². The normalized spacial score (nSPS) is 49.2. The molecule has 0 amide bonds. The Bertz CT molecular complexity index is 366. The van der Waals surface area contributed by atoms with Crippen LogP contribution in [0.15, 0.2) is 12.2 Å². The van der Waals surface area contributed by atoms with Gasteiger partial charge in [0.2, 0.25) is 0 Å². The van der Waals surface area contributed by atoms with Gasteiger partial charge >= 0.3 is 0 Å². The molecule has 0 aromatic carbocycles. The summed E-state index contributed by atoms with van der Waals surface area (Å²) in [5.74, 6) is 2.86. The van der Waals surface area contributed by atoms with Crippen molar-refractivity contribution in [3.05, 3.63) is 12.2 Å². The molecule has 0 saturated heterocycles. The molecule has 2 bridgehead atoms. The average molecular weight is 218 g/mol. The van der Waals surface area contributed by atoms with Crippen LogP contribution in [0.1, 0.15) is 46.5 Å². The molecule has 0 aliphatic heterocycles. The number of allylic oxidation sites excluding steroid dienone is 2. The van der Waals surface area contributed by atoms with Crippen molar-refractivity contribution in [2.75, 3.05) is 0 Å². The van der Waals surface area contributed by atoms with Crippen LogP contribution in [0.5, 0.6) is 0 Å². The predicted molar refractivity (Wildman–Crippen MR) is 65.0 cm³/mol. The number of carbonyl (C=O) groups is 1. The van der Waals surface area contributed by atoms with Crippen molar-refractivity contribution in [3.63, 3.8) is 0 Å². The fourth-order valence-corrected chi connectivity index (χ4v) is 4.63. The first kappa shape index (κ1) is 10.6. The maximum absolute atomic E-state index is 11.3. The fourth-order valence-electron chi connectivity index (χ4n) is 4.63. The molecule has 4 aliphatic carbocycles. The van der Waals surface area contributed by atoms with E-state index < -0.39 is 0 Å². The summed E-state index contributed by atoms with van der Waals surface area (Å²) >= 11 is 0. The highest BCUT2D eigenvalue weighted by atomic mass is 16.1. The van der Waals surface area contributed by atoms with E-state index in [-0.39, 0.29) is 0 Å². The number of ketones is 1. The Hall–Kier alpha value is -0.590. The predicted octanol–water partition coefficient (Wildman–Crippen LogP) is 3.59. The third-order valence-corrected chi connectivity index (χ3v) is 6.12. The van der Waals surface area contributed by atoms with Gasteiger partial charge in [-0.1, -0.05) is 26.8 Å². The van der Waals surface area contributed by atoms with Gasteiger partial charge in [0.05, 0.1) is 0 Å². The lowest BCUT2D eigenvalue weighted by Crippen LogP contribution is -2.59. The Morgan fingerprint density at radius 2 is 2.12 bits per heavy atom. The summed E-state index contributed by atoms with van der Waals surface area (Å²) in [6, 6.07) is 0. The van der Waals surface area contributed by atoms with Gasteiger partial charge in [-0.3, -0.25) is 4.79 Å². The molecule has 0 heterocycles. The summed E-state index contributed by atoms with van der Waals surface area (Å²) < 4.78 is 0. The van der Waals surface area contributed by atoms with Gasteiger partial charge in [-0.25, -0.2) is 0 Å². The molecule has 4 aliphatic rings. The van der Waals surface area contributed by atoms with Crippen molar-refractivity contribution in [1.29, 1.82) is 0 Å². The average Bonchev–Trinajstić information content (AvgIpc) is 2.25. The highest BCUT2D eigenvalue weighted by molar-refractivity contribution is 5.90. The van der Waals surface area contributed by atoms with E-state index in [2.05, 4.69) is 26.8 Å². The number of carbonyl (C=O) groups excluding carboxylic acids is 1. The Kier molecular flexibility index (Phi) is 1.98. The van der Waals surface area contributed by atoms with Crippen LogP contribution in [0.25, 0.3) is 0 Å². The molecule has 16 heavy (non-hydrogen) atoms. The topological polar surface area (TPSA) is 17.1 Å². The first-order chi connectivity index (χ1) is 7.46. The van der Waals surface area contributed by atoms with Crippen LogP contribution < -0.4 is 0 Å². The molecule has 3 fully saturated rings. The molecule has 1 spiro atoms. The zero-order valence-electron chi connectivity index (χ0n) is 10.6. The largest absolute Gasteiger partial charge is 0.295 e. The van der Waals surface area contributed by atoms with Crippen LogP contribution in [0.2, 0.25) is 0 Å². The van der Waals surface area contributed by atoms with Gasteiger partial charge in [-0.2, -0.15) is 0 Å². The van der Waals surface area contributed by atoms with Crippen LogP contribution >= 0.6 is 0 Å². The van der Waals surface area contributed by atoms with Crippen molar-refractivity contribution in [1.82, 2.24) is 0 Å². The van der Waals surface area contributed by atoms with Crippen LogP contribution in [-0.4, -0.2) is 5.78 Å². The molecule has 0 aromatic heterocycles. The van der Waals surface area contributed by atoms with Gasteiger partial charge in [0.25, 0.3) is 0 Å². The second-order valence-corrected chi connectivity index (χ2v) is 6.89. The summed E-state index contributed by atoms with van der Waals surface area (Å²) in [7, 11) is 0. The van der Waals surface area contributed by atoms with E-state index >= 15 is 0 Å². The lowest BCUT2D eigenvalue weighted by atomic mass is 9.39. The molecule has 1 heteroatoms. The minimum absolute atomic E-state index is 0.330. The quantitative estimate of drug-likeness (QED) is 0.607. The standard InChI is InChI=1S/C15H22O/c1-10-13-8-11(14(13,2)3)9-15(10)6-4-12(16)5-7-15/h4,6,10-11,13H,5,7-9H2,1-3H3/t10-,11+,13-,15-/m0/s1.